The molecule has 3 heteroatoms. The summed E-state index contributed by atoms with van der Waals surface area (Å²) in [5, 5.41) is 2.30. The van der Waals surface area contributed by atoms with Gasteiger partial charge in [-0.05, 0) is 149 Å². The summed E-state index contributed by atoms with van der Waals surface area (Å²) < 4.78 is 6.53. The van der Waals surface area contributed by atoms with Crippen LogP contribution in [0.3, 0.4) is 0 Å². The van der Waals surface area contributed by atoms with Crippen molar-refractivity contribution in [2.24, 2.45) is 11.8 Å². The molecule has 0 aliphatic heterocycles. The van der Waals surface area contributed by atoms with Gasteiger partial charge in [0.1, 0.15) is 11.2 Å². The molecule has 1 aromatic heterocycles. The lowest BCUT2D eigenvalue weighted by atomic mass is 9.68. The van der Waals surface area contributed by atoms with Gasteiger partial charge in [-0.25, -0.2) is 0 Å². The van der Waals surface area contributed by atoms with Crippen LogP contribution in [-0.4, -0.2) is 0 Å². The fraction of sp³-hybridized carbons (Fsp3) is 0.186. The van der Waals surface area contributed by atoms with E-state index >= 15 is 0 Å². The number of para-hydroxylation sites is 3. The molecule has 8 aromatic carbocycles. The Kier molecular flexibility index (Phi) is 8.41. The number of benzene rings is 8. The summed E-state index contributed by atoms with van der Waals surface area (Å²) in [5.41, 5.74) is 18.8. The summed E-state index contributed by atoms with van der Waals surface area (Å²) in [6.07, 6.45) is 4.65. The van der Waals surface area contributed by atoms with Gasteiger partial charge in [0.2, 0.25) is 0 Å². The van der Waals surface area contributed by atoms with Crippen LogP contribution in [0.4, 0.5) is 34.1 Å². The number of anilines is 6. The lowest BCUT2D eigenvalue weighted by Crippen LogP contribution is -2.34. The minimum absolute atomic E-state index is 0.121. The van der Waals surface area contributed by atoms with Crippen LogP contribution < -0.4 is 9.80 Å². The number of nitrogens with zero attached hydrogens (tertiary/aromatic N) is 2. The molecule has 3 aliphatic rings. The second kappa shape index (κ2) is 14.1. The SMILES string of the molecule is CC(C)(C)c1ccc(-c2ccc(N(c3ccccc3)c3cccc4c3C35c6c(cccc6N(c6ccccc6)c6ccc7c(c6)oc6ccccc67)CC3CCC5C4)cc2)cc1. The summed E-state index contributed by atoms with van der Waals surface area (Å²) in [4.78, 5) is 5.06. The Bertz CT molecular complexity index is 3110. The molecule has 0 saturated heterocycles. The first kappa shape index (κ1) is 37.0. The highest BCUT2D eigenvalue weighted by Gasteiger charge is 2.62. The monoisotopic (exact) mass is 802 g/mol. The second-order valence-corrected chi connectivity index (χ2v) is 18.9. The Morgan fingerprint density at radius 3 is 1.52 bits per heavy atom. The molecule has 3 atom stereocenters. The molecule has 62 heavy (non-hydrogen) atoms. The summed E-state index contributed by atoms with van der Waals surface area (Å²) in [7, 11) is 0. The first-order valence-corrected chi connectivity index (χ1v) is 22.4. The third-order valence-electron chi connectivity index (χ3n) is 14.5. The smallest absolute Gasteiger partial charge is 0.137 e. The topological polar surface area (TPSA) is 19.6 Å². The van der Waals surface area contributed by atoms with Crippen LogP contribution >= 0.6 is 0 Å². The van der Waals surface area contributed by atoms with E-state index in [0.717, 1.165) is 46.2 Å². The minimum atomic E-state index is -0.143. The molecule has 3 aliphatic carbocycles. The lowest BCUT2D eigenvalue weighted by Gasteiger charge is -2.40. The first-order valence-electron chi connectivity index (χ1n) is 22.4. The van der Waals surface area contributed by atoms with Crippen LogP contribution in [0.25, 0.3) is 33.1 Å². The van der Waals surface area contributed by atoms with Gasteiger partial charge < -0.3 is 14.2 Å². The summed E-state index contributed by atoms with van der Waals surface area (Å²) in [6, 6.07) is 69.8. The first-order chi connectivity index (χ1) is 30.4. The Balaban J connectivity index is 1.04. The predicted molar refractivity (Wildman–Crippen MR) is 258 cm³/mol. The summed E-state index contributed by atoms with van der Waals surface area (Å²) in [6.45, 7) is 6.83. The molecule has 9 aromatic rings. The molecule has 1 heterocycles. The Hall–Kier alpha value is -6.84. The van der Waals surface area contributed by atoms with E-state index in [1.165, 1.54) is 74.5 Å². The van der Waals surface area contributed by atoms with E-state index in [0.29, 0.717) is 11.8 Å². The van der Waals surface area contributed by atoms with Crippen molar-refractivity contribution in [3.63, 3.8) is 0 Å². The molecule has 1 saturated carbocycles. The van der Waals surface area contributed by atoms with Crippen molar-refractivity contribution in [3.8, 4) is 11.1 Å². The van der Waals surface area contributed by atoms with E-state index in [-0.39, 0.29) is 10.8 Å². The largest absolute Gasteiger partial charge is 0.456 e. The standard InChI is InChI=1S/C59H50N2O/c1-58(2,3)43-28-24-39(25-29-43)40-26-32-48(33-27-40)60(46-16-6-4-7-17-46)52-21-12-14-41-36-44-30-31-45-37-42-15-13-22-53(57(42)59(44,45)56(41)52)61(47-18-8-5-9-19-47)49-34-35-51-50-20-10-11-23-54(50)62-55(51)38-49/h4-29,32-35,38,44-45H,30-31,36-37H2,1-3H3. The average Bonchev–Trinajstić information content (AvgIpc) is 4.04. The highest BCUT2D eigenvalue weighted by molar-refractivity contribution is 6.06. The summed E-state index contributed by atoms with van der Waals surface area (Å²) >= 11 is 0. The third-order valence-corrected chi connectivity index (χ3v) is 14.5. The minimum Gasteiger partial charge on any atom is -0.456 e. The van der Waals surface area contributed by atoms with Gasteiger partial charge in [-0.3, -0.25) is 0 Å². The number of fused-ring (bicyclic) bond motifs is 5. The molecular weight excluding hydrogens is 753 g/mol. The molecule has 3 nitrogen and oxygen atoms in total. The fourth-order valence-electron chi connectivity index (χ4n) is 11.9. The molecule has 12 rings (SSSR count). The number of rotatable bonds is 7. The van der Waals surface area contributed by atoms with Crippen molar-refractivity contribution in [1.29, 1.82) is 0 Å². The molecule has 0 bridgehead atoms. The van der Waals surface area contributed by atoms with Crippen LogP contribution in [0.1, 0.15) is 61.4 Å². The van der Waals surface area contributed by atoms with E-state index in [1.807, 2.05) is 0 Å². The zero-order valence-corrected chi connectivity index (χ0v) is 35.7. The Labute approximate surface area is 364 Å². The van der Waals surface area contributed by atoms with Crippen LogP contribution in [0.2, 0.25) is 0 Å². The maximum Gasteiger partial charge on any atom is 0.137 e. The van der Waals surface area contributed by atoms with Gasteiger partial charge in [0.05, 0.1) is 11.4 Å². The predicted octanol–water partition coefficient (Wildman–Crippen LogP) is 15.9. The second-order valence-electron chi connectivity index (χ2n) is 18.9. The van der Waals surface area contributed by atoms with E-state index in [1.54, 1.807) is 0 Å². The molecule has 0 amide bonds. The quantitative estimate of drug-likeness (QED) is 0.160. The molecule has 1 fully saturated rings. The van der Waals surface area contributed by atoms with Crippen LogP contribution in [0.15, 0.2) is 192 Å². The summed E-state index contributed by atoms with van der Waals surface area (Å²) in [5.74, 6) is 1.02. The van der Waals surface area contributed by atoms with Gasteiger partial charge in [0, 0.05) is 45.0 Å². The third kappa shape index (κ3) is 5.64. The van der Waals surface area contributed by atoms with Gasteiger partial charge >= 0.3 is 0 Å². The lowest BCUT2D eigenvalue weighted by molar-refractivity contribution is 0.350. The molecule has 3 unspecified atom stereocenters. The van der Waals surface area contributed by atoms with Crippen LogP contribution in [0.5, 0.6) is 0 Å². The fourth-order valence-corrected chi connectivity index (χ4v) is 11.9. The number of hydrogen-bond acceptors (Lipinski definition) is 3. The number of furan rings is 1. The van der Waals surface area contributed by atoms with Gasteiger partial charge in [0.15, 0.2) is 0 Å². The van der Waals surface area contributed by atoms with Crippen LogP contribution in [-0.2, 0) is 23.7 Å². The van der Waals surface area contributed by atoms with Crippen molar-refractivity contribution in [2.45, 2.75) is 57.3 Å². The molecule has 302 valence electrons. The molecule has 0 N–H and O–H groups in total. The van der Waals surface area contributed by atoms with Crippen LogP contribution in [0, 0.1) is 11.8 Å². The highest BCUT2D eigenvalue weighted by Crippen LogP contribution is 2.68. The zero-order chi connectivity index (χ0) is 41.6. The van der Waals surface area contributed by atoms with Crippen molar-refractivity contribution in [3.05, 3.63) is 216 Å². The van der Waals surface area contributed by atoms with Crippen molar-refractivity contribution < 1.29 is 4.42 Å². The normalized spacial score (nSPS) is 18.7. The Morgan fingerprint density at radius 2 is 0.935 bits per heavy atom. The van der Waals surface area contributed by atoms with Gasteiger partial charge in [-0.15, -0.1) is 0 Å². The maximum absolute atomic E-state index is 6.53. The zero-order valence-electron chi connectivity index (χ0n) is 35.7. The van der Waals surface area contributed by atoms with E-state index in [2.05, 4.69) is 219 Å². The average molecular weight is 803 g/mol. The van der Waals surface area contributed by atoms with Gasteiger partial charge in [0.25, 0.3) is 0 Å². The van der Waals surface area contributed by atoms with Crippen molar-refractivity contribution >= 4 is 56.1 Å². The molecule has 0 radical (unpaired) electrons. The van der Waals surface area contributed by atoms with E-state index < -0.39 is 0 Å². The van der Waals surface area contributed by atoms with E-state index in [9.17, 15) is 0 Å². The molecule has 1 spiro atoms. The Morgan fingerprint density at radius 1 is 0.452 bits per heavy atom. The highest BCUT2D eigenvalue weighted by atomic mass is 16.3. The molecular formula is C59H50N2O. The van der Waals surface area contributed by atoms with Gasteiger partial charge in [-0.2, -0.15) is 0 Å². The van der Waals surface area contributed by atoms with E-state index in [4.69, 9.17) is 4.42 Å². The van der Waals surface area contributed by atoms with Crippen molar-refractivity contribution in [1.82, 2.24) is 0 Å². The number of hydrogen-bond donors (Lipinski definition) is 0. The van der Waals surface area contributed by atoms with Gasteiger partial charge in [-0.1, -0.05) is 136 Å². The maximum atomic E-state index is 6.53. The van der Waals surface area contributed by atoms with Crippen molar-refractivity contribution in [2.75, 3.05) is 9.80 Å².